The van der Waals surface area contributed by atoms with Gasteiger partial charge in [-0.1, -0.05) is 25.5 Å². The van der Waals surface area contributed by atoms with Gasteiger partial charge in [-0.3, -0.25) is 0 Å². The van der Waals surface area contributed by atoms with Gasteiger partial charge in [0.1, 0.15) is 23.4 Å². The Morgan fingerprint density at radius 1 is 1.35 bits per heavy atom. The van der Waals surface area contributed by atoms with Crippen LogP contribution in [0.3, 0.4) is 0 Å². The summed E-state index contributed by atoms with van der Waals surface area (Å²) in [6, 6.07) is -0.115. The molecule has 7 atom stereocenters. The van der Waals surface area contributed by atoms with Crippen LogP contribution in [0.1, 0.15) is 53.9 Å². The van der Waals surface area contributed by atoms with Crippen LogP contribution in [0.25, 0.3) is 0 Å². The molecule has 2 heterocycles. The van der Waals surface area contributed by atoms with Crippen LogP contribution in [0.2, 0.25) is 0 Å². The molecule has 2 aliphatic heterocycles. The van der Waals surface area contributed by atoms with E-state index in [0.717, 1.165) is 12.8 Å². The number of carbonyl (C=O) groups excluding carboxylic acids is 1. The van der Waals surface area contributed by atoms with Gasteiger partial charge in [-0.2, -0.15) is 0 Å². The van der Waals surface area contributed by atoms with Gasteiger partial charge in [0.15, 0.2) is 0 Å². The molecule has 2 saturated heterocycles. The van der Waals surface area contributed by atoms with Crippen molar-refractivity contribution in [1.82, 2.24) is 5.32 Å². The Bertz CT molecular complexity index is 662. The SMILES string of the molecule is COC1C(OC(=O)N[C@@H](COSC)C(C)C)CC[C@]2(CO2)C1[C@@]1(C)O[C@@H]1CC=C(C)C. The van der Waals surface area contributed by atoms with E-state index in [1.165, 1.54) is 17.6 Å². The lowest BCUT2D eigenvalue weighted by Crippen LogP contribution is -2.56. The van der Waals surface area contributed by atoms with E-state index in [0.29, 0.717) is 19.6 Å². The molecule has 7 nitrogen and oxygen atoms in total. The van der Waals surface area contributed by atoms with Gasteiger partial charge in [-0.25, -0.2) is 4.79 Å². The molecule has 3 aliphatic rings. The highest BCUT2D eigenvalue weighted by molar-refractivity contribution is 7.93. The van der Waals surface area contributed by atoms with Crippen LogP contribution < -0.4 is 5.32 Å². The summed E-state index contributed by atoms with van der Waals surface area (Å²) < 4.78 is 29.5. The first-order valence-electron chi connectivity index (χ1n) is 11.3. The van der Waals surface area contributed by atoms with Crippen molar-refractivity contribution in [2.45, 2.75) is 89.4 Å². The summed E-state index contributed by atoms with van der Waals surface area (Å²) in [5.41, 5.74) is 0.720. The summed E-state index contributed by atoms with van der Waals surface area (Å²) in [6.45, 7) is 11.6. The van der Waals surface area contributed by atoms with Gasteiger partial charge in [0.25, 0.3) is 0 Å². The van der Waals surface area contributed by atoms with E-state index < -0.39 is 6.09 Å². The van der Waals surface area contributed by atoms with E-state index in [1.807, 2.05) is 6.26 Å². The van der Waals surface area contributed by atoms with Crippen molar-refractivity contribution in [3.8, 4) is 0 Å². The molecule has 0 aromatic heterocycles. The number of epoxide rings is 2. The van der Waals surface area contributed by atoms with Crippen molar-refractivity contribution >= 4 is 18.1 Å². The standard InChI is InChI=1S/C23H39NO6S/c1-14(2)8-9-18-22(5,30-18)20-19(26-6)17(10-11-23(20)13-27-23)29-21(25)24-16(15(3)4)12-28-31-7/h8,15-20H,9-13H2,1-7H3,(H,24,25)/t16-,17?,18+,19?,20?,22-,23-/m0/s1. The molecular formula is C23H39NO6S. The monoisotopic (exact) mass is 457 g/mol. The van der Waals surface area contributed by atoms with Gasteiger partial charge in [-0.15, -0.1) is 0 Å². The largest absolute Gasteiger partial charge is 0.443 e. The number of hydrogen-bond acceptors (Lipinski definition) is 7. The molecule has 1 spiro atoms. The van der Waals surface area contributed by atoms with Crippen molar-refractivity contribution in [3.63, 3.8) is 0 Å². The summed E-state index contributed by atoms with van der Waals surface area (Å²) in [4.78, 5) is 12.7. The molecule has 1 saturated carbocycles. The molecule has 3 rings (SSSR count). The van der Waals surface area contributed by atoms with Crippen LogP contribution >= 0.6 is 12.0 Å². The van der Waals surface area contributed by atoms with Crippen molar-refractivity contribution in [1.29, 1.82) is 0 Å². The average molecular weight is 458 g/mol. The lowest BCUT2D eigenvalue weighted by molar-refractivity contribution is -0.118. The van der Waals surface area contributed by atoms with Crippen LogP contribution in [0.15, 0.2) is 11.6 Å². The van der Waals surface area contributed by atoms with Gasteiger partial charge in [0.05, 0.1) is 31.3 Å². The van der Waals surface area contributed by atoms with Crippen LogP contribution in [-0.4, -0.2) is 68.2 Å². The number of hydrogen-bond donors (Lipinski definition) is 1. The second-order valence-electron chi connectivity index (χ2n) is 9.77. The predicted octanol–water partition coefficient (Wildman–Crippen LogP) is 4.11. The van der Waals surface area contributed by atoms with Crippen molar-refractivity contribution < 1.29 is 27.9 Å². The molecular weight excluding hydrogens is 418 g/mol. The third-order valence-corrected chi connectivity index (χ3v) is 7.34. The van der Waals surface area contributed by atoms with Crippen LogP contribution in [0.5, 0.6) is 0 Å². The third-order valence-electron chi connectivity index (χ3n) is 6.97. The Morgan fingerprint density at radius 3 is 2.61 bits per heavy atom. The maximum atomic E-state index is 12.7. The van der Waals surface area contributed by atoms with E-state index >= 15 is 0 Å². The molecule has 1 amide bonds. The highest BCUT2D eigenvalue weighted by atomic mass is 32.2. The van der Waals surface area contributed by atoms with E-state index in [2.05, 4.69) is 46.0 Å². The van der Waals surface area contributed by atoms with E-state index in [-0.39, 0.29) is 47.4 Å². The summed E-state index contributed by atoms with van der Waals surface area (Å²) >= 11 is 1.29. The number of nitrogens with one attached hydrogen (secondary N) is 1. The van der Waals surface area contributed by atoms with Gasteiger partial charge < -0.3 is 28.4 Å². The summed E-state index contributed by atoms with van der Waals surface area (Å²) in [7, 11) is 1.69. The number of ether oxygens (including phenoxy) is 4. The van der Waals surface area contributed by atoms with Crippen molar-refractivity contribution in [3.05, 3.63) is 11.6 Å². The molecule has 1 N–H and O–H groups in total. The Hall–Kier alpha value is -0.800. The number of alkyl carbamates (subject to hydrolysis) is 1. The van der Waals surface area contributed by atoms with E-state index in [1.54, 1.807) is 7.11 Å². The minimum absolute atomic E-state index is 0.0211. The van der Waals surface area contributed by atoms with E-state index in [9.17, 15) is 4.79 Å². The smallest absolute Gasteiger partial charge is 0.407 e. The minimum atomic E-state index is -0.426. The fourth-order valence-corrected chi connectivity index (χ4v) is 5.22. The zero-order valence-corrected chi connectivity index (χ0v) is 20.8. The summed E-state index contributed by atoms with van der Waals surface area (Å²) in [5, 5.41) is 2.96. The number of carbonyl (C=O) groups is 1. The Morgan fingerprint density at radius 2 is 2.06 bits per heavy atom. The average Bonchev–Trinajstić information content (AvgIpc) is 3.62. The van der Waals surface area contributed by atoms with Crippen LogP contribution in [0.4, 0.5) is 4.79 Å². The summed E-state index contributed by atoms with van der Waals surface area (Å²) in [6.07, 6.45) is 5.59. The normalized spacial score (nSPS) is 37.4. The second-order valence-corrected chi connectivity index (χ2v) is 10.3. The van der Waals surface area contributed by atoms with Crippen LogP contribution in [0, 0.1) is 11.8 Å². The topological polar surface area (TPSA) is 81.9 Å². The van der Waals surface area contributed by atoms with Crippen molar-refractivity contribution in [2.24, 2.45) is 11.8 Å². The fraction of sp³-hybridized carbons (Fsp3) is 0.870. The Kier molecular flexibility index (Phi) is 8.01. The predicted molar refractivity (Wildman–Crippen MR) is 121 cm³/mol. The Labute approximate surface area is 191 Å². The number of rotatable bonds is 10. The van der Waals surface area contributed by atoms with Gasteiger partial charge >= 0.3 is 6.09 Å². The van der Waals surface area contributed by atoms with E-state index in [4.69, 9.17) is 23.1 Å². The first-order valence-corrected chi connectivity index (χ1v) is 12.4. The fourth-order valence-electron chi connectivity index (χ4n) is 4.94. The quantitative estimate of drug-likeness (QED) is 0.300. The zero-order valence-electron chi connectivity index (χ0n) is 19.9. The molecule has 178 valence electrons. The number of amides is 1. The first-order chi connectivity index (χ1) is 14.7. The van der Waals surface area contributed by atoms with Gasteiger partial charge in [0, 0.05) is 13.4 Å². The molecule has 0 radical (unpaired) electrons. The first kappa shape index (κ1) is 24.8. The molecule has 3 fully saturated rings. The highest BCUT2D eigenvalue weighted by Gasteiger charge is 2.72. The summed E-state index contributed by atoms with van der Waals surface area (Å²) in [5.74, 6) is 0.252. The number of methoxy groups -OCH3 is 1. The molecule has 8 heteroatoms. The maximum Gasteiger partial charge on any atom is 0.407 e. The number of allylic oxidation sites excluding steroid dienone is 1. The van der Waals surface area contributed by atoms with Gasteiger partial charge in [0.2, 0.25) is 0 Å². The molecule has 31 heavy (non-hydrogen) atoms. The van der Waals surface area contributed by atoms with Crippen molar-refractivity contribution in [2.75, 3.05) is 26.6 Å². The third kappa shape index (κ3) is 5.58. The molecule has 1 aliphatic carbocycles. The molecule has 0 aromatic carbocycles. The molecule has 0 aromatic rings. The maximum absolute atomic E-state index is 12.7. The molecule has 3 unspecified atom stereocenters. The van der Waals surface area contributed by atoms with Gasteiger partial charge in [-0.05, 0) is 58.0 Å². The van der Waals surface area contributed by atoms with Crippen LogP contribution in [-0.2, 0) is 23.1 Å². The molecule has 0 bridgehead atoms. The second kappa shape index (κ2) is 10.00. The minimum Gasteiger partial charge on any atom is -0.443 e. The lowest BCUT2D eigenvalue weighted by Gasteiger charge is -2.42. The Balaban J connectivity index is 1.67. The lowest BCUT2D eigenvalue weighted by atomic mass is 9.68. The highest BCUT2D eigenvalue weighted by Crippen LogP contribution is 2.59. The zero-order chi connectivity index (χ0) is 22.8.